The minimum Gasteiger partial charge on any atom is -0.344 e. The predicted molar refractivity (Wildman–Crippen MR) is 29.0 cm³/mol. The molecule has 1 aliphatic heterocycles. The summed E-state index contributed by atoms with van der Waals surface area (Å²) in [4.78, 5) is 9.90. The normalized spacial score (nSPS) is 12.8. The Morgan fingerprint density at radius 1 is 1.38 bits per heavy atom. The fraction of sp³-hybridized carbons (Fsp3) is 0. The van der Waals surface area contributed by atoms with Gasteiger partial charge in [0.1, 0.15) is 0 Å². The summed E-state index contributed by atoms with van der Waals surface area (Å²) in [6.45, 7) is 0. The molecule has 0 saturated carbocycles. The van der Waals surface area contributed by atoms with Gasteiger partial charge in [0, 0.05) is 6.08 Å². The van der Waals surface area contributed by atoms with Gasteiger partial charge >= 0.3 is 0 Å². The molecule has 1 aliphatic rings. The molecule has 0 atom stereocenters. The van der Waals surface area contributed by atoms with E-state index in [0.29, 0.717) is 0 Å². The molecule has 46 valence electrons. The summed E-state index contributed by atoms with van der Waals surface area (Å²) >= 11 is 0. The minimum absolute atomic E-state index is 0. The maximum atomic E-state index is 9.90. The van der Waals surface area contributed by atoms with E-state index in [-0.39, 0.29) is 18.2 Å². The highest BCUT2D eigenvalue weighted by Gasteiger charge is 1.92. The third kappa shape index (κ3) is 2.17. The SMILES string of the molecule is N.N.O=C1C=CN=N1. The largest absolute Gasteiger partial charge is 0.344 e. The van der Waals surface area contributed by atoms with E-state index >= 15 is 0 Å². The first kappa shape index (κ1) is 10.0. The maximum absolute atomic E-state index is 9.90. The third-order valence-corrected chi connectivity index (χ3v) is 0.440. The molecule has 0 radical (unpaired) electrons. The highest BCUT2D eigenvalue weighted by Crippen LogP contribution is 1.90. The van der Waals surface area contributed by atoms with Crippen molar-refractivity contribution in [1.82, 2.24) is 12.3 Å². The van der Waals surface area contributed by atoms with Crippen molar-refractivity contribution in [1.29, 1.82) is 0 Å². The smallest absolute Gasteiger partial charge is 0.289 e. The molecule has 8 heavy (non-hydrogen) atoms. The van der Waals surface area contributed by atoms with E-state index in [0.717, 1.165) is 0 Å². The van der Waals surface area contributed by atoms with Crippen molar-refractivity contribution in [2.75, 3.05) is 0 Å². The second-order valence-electron chi connectivity index (χ2n) is 0.869. The summed E-state index contributed by atoms with van der Waals surface area (Å²) in [7, 11) is 0. The van der Waals surface area contributed by atoms with Crippen LogP contribution in [0.5, 0.6) is 0 Å². The van der Waals surface area contributed by atoms with Crippen LogP contribution in [-0.2, 0) is 4.79 Å². The Labute approximate surface area is 46.7 Å². The van der Waals surface area contributed by atoms with Crippen LogP contribution < -0.4 is 12.3 Å². The molecular formula is C3H8N4O. The van der Waals surface area contributed by atoms with E-state index in [1.54, 1.807) is 0 Å². The van der Waals surface area contributed by atoms with E-state index in [1.165, 1.54) is 12.3 Å². The van der Waals surface area contributed by atoms with E-state index in [1.807, 2.05) is 0 Å². The summed E-state index contributed by atoms with van der Waals surface area (Å²) in [5.74, 6) is -0.269. The molecule has 0 bridgehead atoms. The van der Waals surface area contributed by atoms with E-state index in [4.69, 9.17) is 0 Å². The van der Waals surface area contributed by atoms with Gasteiger partial charge in [-0.15, -0.1) is 5.11 Å². The Balaban J connectivity index is 0. The highest BCUT2D eigenvalue weighted by atomic mass is 16.1. The van der Waals surface area contributed by atoms with Crippen LogP contribution in [0, 0.1) is 0 Å². The molecule has 0 unspecified atom stereocenters. The first-order valence-corrected chi connectivity index (χ1v) is 1.51. The van der Waals surface area contributed by atoms with Crippen LogP contribution in [-0.4, -0.2) is 5.91 Å². The molecule has 0 aromatic rings. The van der Waals surface area contributed by atoms with Gasteiger partial charge in [0.15, 0.2) is 0 Å². The number of rotatable bonds is 0. The van der Waals surface area contributed by atoms with Gasteiger partial charge in [0.25, 0.3) is 5.91 Å². The van der Waals surface area contributed by atoms with Gasteiger partial charge in [0.05, 0.1) is 6.20 Å². The fourth-order valence-corrected chi connectivity index (χ4v) is 0.221. The number of hydrogen-bond donors (Lipinski definition) is 2. The van der Waals surface area contributed by atoms with Gasteiger partial charge in [-0.1, -0.05) is 0 Å². The first-order chi connectivity index (χ1) is 2.89. The Bertz CT molecular complexity index is 113. The number of carbonyl (C=O) groups excluding carboxylic acids is 1. The van der Waals surface area contributed by atoms with Crippen molar-refractivity contribution in [2.24, 2.45) is 10.2 Å². The molecule has 5 nitrogen and oxygen atoms in total. The van der Waals surface area contributed by atoms with Crippen molar-refractivity contribution in [2.45, 2.75) is 0 Å². The quantitative estimate of drug-likeness (QED) is 0.488. The fourth-order valence-electron chi connectivity index (χ4n) is 0.221. The summed E-state index contributed by atoms with van der Waals surface area (Å²) in [5.41, 5.74) is 0. The molecule has 0 spiro atoms. The second kappa shape index (κ2) is 4.10. The van der Waals surface area contributed by atoms with Crippen molar-refractivity contribution in [3.05, 3.63) is 12.3 Å². The van der Waals surface area contributed by atoms with Crippen LogP contribution in [0.1, 0.15) is 0 Å². The topological polar surface area (TPSA) is 112 Å². The molecular weight excluding hydrogens is 108 g/mol. The highest BCUT2D eigenvalue weighted by molar-refractivity contribution is 5.89. The number of carbonyl (C=O) groups is 1. The number of hydrogen-bond acceptors (Lipinski definition) is 4. The van der Waals surface area contributed by atoms with Crippen LogP contribution >= 0.6 is 0 Å². The van der Waals surface area contributed by atoms with Gasteiger partial charge in [0.2, 0.25) is 0 Å². The number of azo groups is 1. The third-order valence-electron chi connectivity index (χ3n) is 0.440. The molecule has 0 saturated heterocycles. The van der Waals surface area contributed by atoms with Gasteiger partial charge in [-0.3, -0.25) is 4.79 Å². The Morgan fingerprint density at radius 3 is 2.12 bits per heavy atom. The van der Waals surface area contributed by atoms with Crippen molar-refractivity contribution < 1.29 is 4.79 Å². The van der Waals surface area contributed by atoms with E-state index < -0.39 is 0 Å². The predicted octanol–water partition coefficient (Wildman–Crippen LogP) is 0.816. The molecule has 0 aliphatic carbocycles. The lowest BCUT2D eigenvalue weighted by atomic mass is 10.6. The lowest BCUT2D eigenvalue weighted by molar-refractivity contribution is -0.113. The second-order valence-corrected chi connectivity index (χ2v) is 0.869. The average molecular weight is 116 g/mol. The lowest BCUT2D eigenvalue weighted by Crippen LogP contribution is -1.74. The van der Waals surface area contributed by atoms with Crippen molar-refractivity contribution in [3.63, 3.8) is 0 Å². The molecule has 0 aromatic carbocycles. The van der Waals surface area contributed by atoms with E-state index in [9.17, 15) is 4.79 Å². The van der Waals surface area contributed by atoms with Gasteiger partial charge in [-0.05, 0) is 0 Å². The monoisotopic (exact) mass is 116 g/mol. The van der Waals surface area contributed by atoms with Crippen LogP contribution in [0.15, 0.2) is 22.5 Å². The summed E-state index contributed by atoms with van der Waals surface area (Å²) in [6, 6.07) is 0. The van der Waals surface area contributed by atoms with Crippen LogP contribution in [0.4, 0.5) is 0 Å². The summed E-state index contributed by atoms with van der Waals surface area (Å²) < 4.78 is 0. The summed E-state index contributed by atoms with van der Waals surface area (Å²) in [6.07, 6.45) is 2.67. The first-order valence-electron chi connectivity index (χ1n) is 1.51. The van der Waals surface area contributed by atoms with Gasteiger partial charge in [-0.25, -0.2) is 0 Å². The number of nitrogens with zero attached hydrogens (tertiary/aromatic N) is 2. The Morgan fingerprint density at radius 2 is 2.00 bits per heavy atom. The Hall–Kier alpha value is -1.07. The maximum Gasteiger partial charge on any atom is 0.289 e. The molecule has 1 amide bonds. The van der Waals surface area contributed by atoms with Crippen LogP contribution in [0.25, 0.3) is 0 Å². The zero-order valence-corrected chi connectivity index (χ0v) is 4.37. The van der Waals surface area contributed by atoms with Gasteiger partial charge in [-0.2, -0.15) is 5.11 Å². The average Bonchev–Trinajstić information content (AvgIpc) is 1.86. The van der Waals surface area contributed by atoms with E-state index in [2.05, 4.69) is 10.2 Å². The zero-order valence-electron chi connectivity index (χ0n) is 4.37. The molecule has 1 heterocycles. The van der Waals surface area contributed by atoms with Crippen molar-refractivity contribution in [3.8, 4) is 0 Å². The standard InChI is InChI=1S/C3H2N2O.2H3N/c6-3-1-2-4-5-3;;/h1-2H;2*1H3. The van der Waals surface area contributed by atoms with Crippen LogP contribution in [0.2, 0.25) is 0 Å². The van der Waals surface area contributed by atoms with Crippen LogP contribution in [0.3, 0.4) is 0 Å². The summed E-state index contributed by atoms with van der Waals surface area (Å²) in [5, 5.41) is 6.37. The van der Waals surface area contributed by atoms with Crippen molar-refractivity contribution >= 4 is 5.91 Å². The zero-order chi connectivity index (χ0) is 4.41. The minimum atomic E-state index is -0.269. The molecule has 0 aromatic heterocycles. The number of amides is 1. The van der Waals surface area contributed by atoms with Gasteiger partial charge < -0.3 is 12.3 Å². The lowest BCUT2D eigenvalue weighted by Gasteiger charge is -1.59. The Kier molecular flexibility index (Phi) is 5.14. The molecule has 1 rings (SSSR count). The molecule has 0 fully saturated rings. The molecule has 6 N–H and O–H groups in total. The molecule has 5 heteroatoms.